The molecule has 0 atom stereocenters. The van der Waals surface area contributed by atoms with E-state index in [1.807, 2.05) is 57.2 Å². The Morgan fingerprint density at radius 2 is 1.72 bits per heavy atom. The number of nitrogens with zero attached hydrogens (tertiary/aromatic N) is 4. The molecule has 0 unspecified atom stereocenters. The van der Waals surface area contributed by atoms with Crippen LogP contribution in [0.25, 0.3) is 5.69 Å². The second kappa shape index (κ2) is 7.48. The number of benzene rings is 2. The lowest BCUT2D eigenvalue weighted by molar-refractivity contribution is -0.113. The van der Waals surface area contributed by atoms with E-state index in [2.05, 4.69) is 26.9 Å². The lowest BCUT2D eigenvalue weighted by atomic mass is 10.1. The van der Waals surface area contributed by atoms with Gasteiger partial charge in [0.05, 0.1) is 11.4 Å². The lowest BCUT2D eigenvalue weighted by Crippen LogP contribution is -2.14. The van der Waals surface area contributed by atoms with Gasteiger partial charge in [0.15, 0.2) is 0 Å². The molecule has 0 aliphatic carbocycles. The smallest absolute Gasteiger partial charge is 0.234 e. The van der Waals surface area contributed by atoms with Crippen LogP contribution in [0.1, 0.15) is 16.7 Å². The van der Waals surface area contributed by atoms with E-state index in [-0.39, 0.29) is 11.7 Å². The van der Waals surface area contributed by atoms with Gasteiger partial charge in [-0.3, -0.25) is 4.79 Å². The van der Waals surface area contributed by atoms with Crippen molar-refractivity contribution in [2.75, 3.05) is 11.1 Å². The summed E-state index contributed by atoms with van der Waals surface area (Å²) < 4.78 is 1.66. The van der Waals surface area contributed by atoms with Crippen molar-refractivity contribution in [2.24, 2.45) is 0 Å². The average molecular weight is 353 g/mol. The Hall–Kier alpha value is -2.67. The summed E-state index contributed by atoms with van der Waals surface area (Å²) in [5.41, 5.74) is 5.10. The summed E-state index contributed by atoms with van der Waals surface area (Å²) >= 11 is 1.31. The summed E-state index contributed by atoms with van der Waals surface area (Å²) in [7, 11) is 0. The Balaban J connectivity index is 1.67. The van der Waals surface area contributed by atoms with Gasteiger partial charge in [-0.2, -0.15) is 4.68 Å². The number of rotatable bonds is 5. The molecule has 1 amide bonds. The van der Waals surface area contributed by atoms with Gasteiger partial charge in [-0.05, 0) is 66.6 Å². The van der Waals surface area contributed by atoms with Crippen molar-refractivity contribution in [3.63, 3.8) is 0 Å². The molecule has 2 aromatic carbocycles. The normalized spacial score (nSPS) is 10.7. The summed E-state index contributed by atoms with van der Waals surface area (Å²) in [6.45, 7) is 6.07. The minimum absolute atomic E-state index is 0.0937. The maximum Gasteiger partial charge on any atom is 0.234 e. The Kier molecular flexibility index (Phi) is 5.14. The third-order valence-corrected chi connectivity index (χ3v) is 4.48. The van der Waals surface area contributed by atoms with Gasteiger partial charge in [0.1, 0.15) is 0 Å². The molecule has 0 spiro atoms. The van der Waals surface area contributed by atoms with E-state index in [1.165, 1.54) is 11.8 Å². The highest BCUT2D eigenvalue weighted by atomic mass is 32.2. The maximum absolute atomic E-state index is 12.1. The van der Waals surface area contributed by atoms with Crippen molar-refractivity contribution in [3.8, 4) is 5.69 Å². The van der Waals surface area contributed by atoms with Crippen molar-refractivity contribution in [1.29, 1.82) is 0 Å². The minimum atomic E-state index is -0.0937. The number of carbonyl (C=O) groups excluding carboxylic acids is 1. The predicted octanol–water partition coefficient (Wildman–Crippen LogP) is 3.32. The van der Waals surface area contributed by atoms with Crippen LogP contribution >= 0.6 is 11.8 Å². The first-order valence-corrected chi connectivity index (χ1v) is 8.86. The van der Waals surface area contributed by atoms with Crippen molar-refractivity contribution in [1.82, 2.24) is 20.2 Å². The van der Waals surface area contributed by atoms with Gasteiger partial charge in [-0.1, -0.05) is 35.5 Å². The average Bonchev–Trinajstić information content (AvgIpc) is 3.03. The molecule has 0 saturated carbocycles. The van der Waals surface area contributed by atoms with E-state index < -0.39 is 0 Å². The van der Waals surface area contributed by atoms with Gasteiger partial charge >= 0.3 is 0 Å². The largest absolute Gasteiger partial charge is 0.325 e. The first kappa shape index (κ1) is 17.2. The summed E-state index contributed by atoms with van der Waals surface area (Å²) in [5.74, 6) is 0.141. The topological polar surface area (TPSA) is 72.7 Å². The van der Waals surface area contributed by atoms with Crippen LogP contribution in [0.3, 0.4) is 0 Å². The first-order valence-electron chi connectivity index (χ1n) is 7.87. The van der Waals surface area contributed by atoms with E-state index in [9.17, 15) is 4.79 Å². The van der Waals surface area contributed by atoms with E-state index >= 15 is 0 Å². The summed E-state index contributed by atoms with van der Waals surface area (Å²) in [4.78, 5) is 12.1. The molecule has 3 aromatic rings. The zero-order chi connectivity index (χ0) is 17.8. The summed E-state index contributed by atoms with van der Waals surface area (Å²) in [6, 6.07) is 13.8. The van der Waals surface area contributed by atoms with Crippen LogP contribution in [0.15, 0.2) is 47.6 Å². The molecule has 3 rings (SSSR count). The standard InChI is InChI=1S/C18H19N5OS/c1-12-4-6-15(7-5-12)19-17(24)11-25-18-20-21-22-23(18)16-9-13(2)8-14(3)10-16/h4-10H,11H2,1-3H3,(H,19,24). The molecule has 0 saturated heterocycles. The number of nitrogens with one attached hydrogen (secondary N) is 1. The maximum atomic E-state index is 12.1. The number of amides is 1. The Bertz CT molecular complexity index is 868. The van der Waals surface area contributed by atoms with Gasteiger partial charge in [-0.15, -0.1) is 5.10 Å². The Morgan fingerprint density at radius 1 is 1.04 bits per heavy atom. The third kappa shape index (κ3) is 4.45. The second-order valence-corrected chi connectivity index (χ2v) is 6.86. The fourth-order valence-corrected chi connectivity index (χ4v) is 3.16. The quantitative estimate of drug-likeness (QED) is 0.713. The molecule has 128 valence electrons. The van der Waals surface area contributed by atoms with Crippen molar-refractivity contribution < 1.29 is 4.79 Å². The van der Waals surface area contributed by atoms with E-state index in [0.29, 0.717) is 5.16 Å². The van der Waals surface area contributed by atoms with Crippen LogP contribution in [0.5, 0.6) is 0 Å². The van der Waals surface area contributed by atoms with Crippen LogP contribution in [-0.4, -0.2) is 31.9 Å². The third-order valence-electron chi connectivity index (χ3n) is 3.56. The number of hydrogen-bond acceptors (Lipinski definition) is 5. The molecule has 1 N–H and O–H groups in total. The Morgan fingerprint density at radius 3 is 2.40 bits per heavy atom. The molecule has 7 heteroatoms. The second-order valence-electron chi connectivity index (χ2n) is 5.92. The number of thioether (sulfide) groups is 1. The SMILES string of the molecule is Cc1ccc(NC(=O)CSc2nnnn2-c2cc(C)cc(C)c2)cc1. The molecule has 25 heavy (non-hydrogen) atoms. The molecule has 1 aromatic heterocycles. The minimum Gasteiger partial charge on any atom is -0.325 e. The number of aryl methyl sites for hydroxylation is 3. The van der Waals surface area contributed by atoms with Gasteiger partial charge in [0, 0.05) is 5.69 Å². The predicted molar refractivity (Wildman–Crippen MR) is 99.2 cm³/mol. The van der Waals surface area contributed by atoms with Crippen LogP contribution in [0.4, 0.5) is 5.69 Å². The molecule has 0 aliphatic rings. The summed E-state index contributed by atoms with van der Waals surface area (Å²) in [5, 5.41) is 15.3. The molecule has 0 fully saturated rings. The van der Waals surface area contributed by atoms with Crippen LogP contribution in [0.2, 0.25) is 0 Å². The number of aromatic nitrogens is 4. The highest BCUT2D eigenvalue weighted by Gasteiger charge is 2.12. The van der Waals surface area contributed by atoms with Crippen molar-refractivity contribution in [3.05, 3.63) is 59.2 Å². The highest BCUT2D eigenvalue weighted by Crippen LogP contribution is 2.20. The highest BCUT2D eigenvalue weighted by molar-refractivity contribution is 7.99. The van der Waals surface area contributed by atoms with Crippen LogP contribution < -0.4 is 5.32 Å². The monoisotopic (exact) mass is 353 g/mol. The zero-order valence-electron chi connectivity index (χ0n) is 14.4. The molecule has 0 radical (unpaired) electrons. The Labute approximate surface area is 150 Å². The van der Waals surface area contributed by atoms with Gasteiger partial charge in [-0.25, -0.2) is 0 Å². The number of hydrogen-bond donors (Lipinski definition) is 1. The molecular weight excluding hydrogens is 334 g/mol. The van der Waals surface area contributed by atoms with E-state index in [1.54, 1.807) is 4.68 Å². The molecule has 0 aliphatic heterocycles. The lowest BCUT2D eigenvalue weighted by Gasteiger charge is -2.07. The molecule has 1 heterocycles. The van der Waals surface area contributed by atoms with Gasteiger partial charge < -0.3 is 5.32 Å². The number of anilines is 1. The van der Waals surface area contributed by atoms with Crippen molar-refractivity contribution in [2.45, 2.75) is 25.9 Å². The van der Waals surface area contributed by atoms with E-state index in [0.717, 1.165) is 28.1 Å². The fourth-order valence-electron chi connectivity index (χ4n) is 2.47. The van der Waals surface area contributed by atoms with Gasteiger partial charge in [0.2, 0.25) is 11.1 Å². The zero-order valence-corrected chi connectivity index (χ0v) is 15.2. The molecule has 0 bridgehead atoms. The van der Waals surface area contributed by atoms with Crippen molar-refractivity contribution >= 4 is 23.4 Å². The van der Waals surface area contributed by atoms with Crippen LogP contribution in [0, 0.1) is 20.8 Å². The number of tetrazole rings is 1. The first-order chi connectivity index (χ1) is 12.0. The molecular formula is C18H19N5OS. The number of carbonyl (C=O) groups is 1. The summed E-state index contributed by atoms with van der Waals surface area (Å²) in [6.07, 6.45) is 0. The molecule has 6 nitrogen and oxygen atoms in total. The fraction of sp³-hybridized carbons (Fsp3) is 0.222. The van der Waals surface area contributed by atoms with Gasteiger partial charge in [0.25, 0.3) is 0 Å². The van der Waals surface area contributed by atoms with E-state index in [4.69, 9.17) is 0 Å². The van der Waals surface area contributed by atoms with Crippen LogP contribution in [-0.2, 0) is 4.79 Å².